The van der Waals surface area contributed by atoms with Gasteiger partial charge in [-0.15, -0.1) is 0 Å². The molecule has 0 saturated carbocycles. The van der Waals surface area contributed by atoms with Crippen LogP contribution >= 0.6 is 0 Å². The zero-order valence-corrected chi connectivity index (χ0v) is 15.8. The number of nitrogens with zero attached hydrogens (tertiary/aromatic N) is 3. The van der Waals surface area contributed by atoms with Gasteiger partial charge in [-0.05, 0) is 44.0 Å². The van der Waals surface area contributed by atoms with Crippen molar-refractivity contribution in [3.05, 3.63) is 48.5 Å². The lowest BCUT2D eigenvalue weighted by molar-refractivity contribution is -0.124. The minimum Gasteiger partial charge on any atom is -0.494 e. The summed E-state index contributed by atoms with van der Waals surface area (Å²) in [5.41, 5.74) is 0.341. The molecule has 2 amide bonds. The minimum atomic E-state index is -0.174. The van der Waals surface area contributed by atoms with Crippen LogP contribution in [0.3, 0.4) is 0 Å². The maximum atomic E-state index is 12.4. The van der Waals surface area contributed by atoms with Gasteiger partial charge in [-0.1, -0.05) is 0 Å². The first-order valence-corrected chi connectivity index (χ1v) is 9.36. The summed E-state index contributed by atoms with van der Waals surface area (Å²) < 4.78 is 10.9. The second-order valence-electron chi connectivity index (χ2n) is 6.42. The zero-order valence-electron chi connectivity index (χ0n) is 15.8. The molecular weight excluding hydrogens is 360 g/mol. The number of likely N-dealkylation sites (tertiary alicyclic amines) is 1. The van der Waals surface area contributed by atoms with Gasteiger partial charge in [0.15, 0.2) is 6.61 Å². The van der Waals surface area contributed by atoms with Crippen molar-refractivity contribution in [3.63, 3.8) is 0 Å². The Labute approximate surface area is 163 Å². The van der Waals surface area contributed by atoms with E-state index in [0.29, 0.717) is 44.0 Å². The quantitative estimate of drug-likeness (QED) is 0.781. The Morgan fingerprint density at radius 3 is 2.39 bits per heavy atom. The normalized spacial score (nSPS) is 14.4. The number of carbonyl (C=O) groups excluding carboxylic acids is 2. The van der Waals surface area contributed by atoms with Crippen LogP contribution in [-0.4, -0.2) is 59.0 Å². The summed E-state index contributed by atoms with van der Waals surface area (Å²) in [4.78, 5) is 34.2. The summed E-state index contributed by atoms with van der Waals surface area (Å²) >= 11 is 0. The molecule has 8 heteroatoms. The van der Waals surface area contributed by atoms with Crippen molar-refractivity contribution in [2.75, 3.05) is 26.3 Å². The Kier molecular flexibility index (Phi) is 6.78. The van der Waals surface area contributed by atoms with Gasteiger partial charge < -0.3 is 19.7 Å². The lowest BCUT2D eigenvalue weighted by Crippen LogP contribution is -2.47. The topological polar surface area (TPSA) is 93.7 Å². The van der Waals surface area contributed by atoms with E-state index in [9.17, 15) is 9.59 Å². The number of ether oxygens (including phenoxy) is 2. The number of benzene rings is 1. The van der Waals surface area contributed by atoms with Crippen LogP contribution in [0.25, 0.3) is 0 Å². The van der Waals surface area contributed by atoms with E-state index in [0.717, 1.165) is 5.75 Å². The van der Waals surface area contributed by atoms with E-state index in [1.807, 2.05) is 6.92 Å². The Bertz CT molecular complexity index is 775. The predicted molar refractivity (Wildman–Crippen MR) is 102 cm³/mol. The first kappa shape index (κ1) is 19.6. The van der Waals surface area contributed by atoms with Gasteiger partial charge in [0.2, 0.25) is 0 Å². The molecular formula is C20H24N4O4. The van der Waals surface area contributed by atoms with Gasteiger partial charge in [0.1, 0.15) is 17.2 Å². The number of carbonyl (C=O) groups is 2. The van der Waals surface area contributed by atoms with E-state index in [1.54, 1.807) is 29.2 Å². The second-order valence-corrected chi connectivity index (χ2v) is 6.42. The number of hydrogen-bond acceptors (Lipinski definition) is 6. The van der Waals surface area contributed by atoms with Crippen LogP contribution in [0.1, 0.15) is 30.3 Å². The van der Waals surface area contributed by atoms with Gasteiger partial charge in [0.05, 0.1) is 12.8 Å². The molecule has 148 valence electrons. The molecule has 0 radical (unpaired) electrons. The van der Waals surface area contributed by atoms with Crippen molar-refractivity contribution in [1.82, 2.24) is 20.2 Å². The fourth-order valence-corrected chi connectivity index (χ4v) is 3.02. The molecule has 2 aromatic rings. The number of rotatable bonds is 7. The molecule has 0 spiro atoms. The zero-order chi connectivity index (χ0) is 19.8. The summed E-state index contributed by atoms with van der Waals surface area (Å²) in [7, 11) is 0. The predicted octanol–water partition coefficient (Wildman–Crippen LogP) is 1.68. The van der Waals surface area contributed by atoms with E-state index < -0.39 is 0 Å². The molecule has 0 bridgehead atoms. The van der Waals surface area contributed by atoms with Gasteiger partial charge in [-0.25, -0.2) is 4.98 Å². The van der Waals surface area contributed by atoms with Crippen LogP contribution in [-0.2, 0) is 4.79 Å². The lowest BCUT2D eigenvalue weighted by Gasteiger charge is -2.32. The minimum absolute atomic E-state index is 0.0299. The third-order valence-corrected chi connectivity index (χ3v) is 4.43. The highest BCUT2D eigenvalue weighted by molar-refractivity contribution is 5.92. The van der Waals surface area contributed by atoms with Crippen LogP contribution in [0.4, 0.5) is 0 Å². The third kappa shape index (κ3) is 5.42. The highest BCUT2D eigenvalue weighted by Crippen LogP contribution is 2.17. The van der Waals surface area contributed by atoms with Crippen LogP contribution in [0.15, 0.2) is 42.9 Å². The van der Waals surface area contributed by atoms with E-state index in [2.05, 4.69) is 15.3 Å². The molecule has 0 atom stereocenters. The molecule has 8 nitrogen and oxygen atoms in total. The Morgan fingerprint density at radius 1 is 1.11 bits per heavy atom. The average molecular weight is 384 g/mol. The summed E-state index contributed by atoms with van der Waals surface area (Å²) in [6.07, 6.45) is 5.90. The number of aromatic nitrogens is 2. The molecule has 1 saturated heterocycles. The van der Waals surface area contributed by atoms with Crippen molar-refractivity contribution in [3.8, 4) is 11.5 Å². The Balaban J connectivity index is 1.39. The standard InChI is InChI=1S/C20H24N4O4/c1-2-27-16-3-5-17(6-4-16)28-14-19(25)23-15-7-11-24(12-8-15)20(26)18-13-21-9-10-22-18/h3-6,9-10,13,15H,2,7-8,11-12,14H2,1H3,(H,23,25). The summed E-state index contributed by atoms with van der Waals surface area (Å²) in [6, 6.07) is 7.19. The van der Waals surface area contributed by atoms with Crippen molar-refractivity contribution >= 4 is 11.8 Å². The molecule has 0 aliphatic carbocycles. The first-order chi connectivity index (χ1) is 13.7. The largest absolute Gasteiger partial charge is 0.494 e. The van der Waals surface area contributed by atoms with Crippen LogP contribution < -0.4 is 14.8 Å². The number of nitrogens with one attached hydrogen (secondary N) is 1. The molecule has 1 fully saturated rings. The molecule has 1 aliphatic rings. The van der Waals surface area contributed by atoms with Gasteiger partial charge in [0, 0.05) is 31.5 Å². The molecule has 1 aliphatic heterocycles. The van der Waals surface area contributed by atoms with E-state index in [4.69, 9.17) is 9.47 Å². The fourth-order valence-electron chi connectivity index (χ4n) is 3.02. The maximum Gasteiger partial charge on any atom is 0.274 e. The highest BCUT2D eigenvalue weighted by atomic mass is 16.5. The third-order valence-electron chi connectivity index (χ3n) is 4.43. The molecule has 28 heavy (non-hydrogen) atoms. The van der Waals surface area contributed by atoms with Crippen molar-refractivity contribution in [2.45, 2.75) is 25.8 Å². The molecule has 2 heterocycles. The molecule has 1 aromatic carbocycles. The maximum absolute atomic E-state index is 12.4. The van der Waals surface area contributed by atoms with E-state index in [1.165, 1.54) is 18.6 Å². The molecule has 0 unspecified atom stereocenters. The van der Waals surface area contributed by atoms with Crippen LogP contribution in [0.2, 0.25) is 0 Å². The molecule has 1 N–H and O–H groups in total. The van der Waals surface area contributed by atoms with Crippen LogP contribution in [0, 0.1) is 0 Å². The van der Waals surface area contributed by atoms with Crippen molar-refractivity contribution in [1.29, 1.82) is 0 Å². The van der Waals surface area contributed by atoms with Crippen LogP contribution in [0.5, 0.6) is 11.5 Å². The smallest absolute Gasteiger partial charge is 0.274 e. The second kappa shape index (κ2) is 9.68. The SMILES string of the molecule is CCOc1ccc(OCC(=O)NC2CCN(C(=O)c3cnccn3)CC2)cc1. The van der Waals surface area contributed by atoms with E-state index >= 15 is 0 Å². The lowest BCUT2D eigenvalue weighted by atomic mass is 10.0. The first-order valence-electron chi connectivity index (χ1n) is 9.36. The van der Waals surface area contributed by atoms with Gasteiger partial charge in [-0.2, -0.15) is 0 Å². The van der Waals surface area contributed by atoms with Crippen molar-refractivity contribution < 1.29 is 19.1 Å². The number of hydrogen-bond donors (Lipinski definition) is 1. The van der Waals surface area contributed by atoms with Gasteiger partial charge in [-0.3, -0.25) is 14.6 Å². The van der Waals surface area contributed by atoms with E-state index in [-0.39, 0.29) is 24.5 Å². The fraction of sp³-hybridized carbons (Fsp3) is 0.400. The highest BCUT2D eigenvalue weighted by Gasteiger charge is 2.25. The summed E-state index contributed by atoms with van der Waals surface area (Å²) in [5, 5.41) is 2.97. The molecule has 1 aromatic heterocycles. The Morgan fingerprint density at radius 2 is 1.79 bits per heavy atom. The monoisotopic (exact) mass is 384 g/mol. The summed E-state index contributed by atoms with van der Waals surface area (Å²) in [6.45, 7) is 3.61. The number of amides is 2. The molecule has 3 rings (SSSR count). The van der Waals surface area contributed by atoms with Gasteiger partial charge >= 0.3 is 0 Å². The Hall–Kier alpha value is -3.16. The summed E-state index contributed by atoms with van der Waals surface area (Å²) in [5.74, 6) is 1.08. The van der Waals surface area contributed by atoms with Crippen molar-refractivity contribution in [2.24, 2.45) is 0 Å². The average Bonchev–Trinajstić information content (AvgIpc) is 2.74. The van der Waals surface area contributed by atoms with Gasteiger partial charge in [0.25, 0.3) is 11.8 Å². The number of piperidine rings is 1.